The first kappa shape index (κ1) is 25.6. The second-order valence-electron chi connectivity index (χ2n) is 9.14. The summed E-state index contributed by atoms with van der Waals surface area (Å²) >= 11 is 0. The topological polar surface area (TPSA) is 107 Å². The SMILES string of the molecule is Nc1ccccc1NC(=O)c1ccc(OCCNC(=O)c2cc3ccc(CCc4ccccc4)cc3o2)cc1. The Morgan fingerprint density at radius 2 is 1.51 bits per heavy atom. The van der Waals surface area contributed by atoms with Crippen LogP contribution in [0.15, 0.2) is 108 Å². The van der Waals surface area contributed by atoms with Crippen LogP contribution in [0.4, 0.5) is 11.4 Å². The number of furan rings is 1. The van der Waals surface area contributed by atoms with Gasteiger partial charge in [0.1, 0.15) is 17.9 Å². The first-order valence-corrected chi connectivity index (χ1v) is 12.8. The molecule has 0 saturated heterocycles. The molecule has 5 rings (SSSR count). The molecule has 0 atom stereocenters. The number of carbonyl (C=O) groups excluding carboxylic acids is 2. The number of hydrogen-bond acceptors (Lipinski definition) is 5. The fourth-order valence-electron chi connectivity index (χ4n) is 4.20. The first-order valence-electron chi connectivity index (χ1n) is 12.8. The van der Waals surface area contributed by atoms with Crippen LogP contribution in [0.3, 0.4) is 0 Å². The van der Waals surface area contributed by atoms with E-state index in [0.717, 1.165) is 23.8 Å². The molecule has 4 aromatic carbocycles. The van der Waals surface area contributed by atoms with Gasteiger partial charge in [-0.15, -0.1) is 0 Å². The lowest BCUT2D eigenvalue weighted by Crippen LogP contribution is -2.27. The number of nitrogen functional groups attached to an aromatic ring is 1. The van der Waals surface area contributed by atoms with Gasteiger partial charge in [0.2, 0.25) is 0 Å². The lowest BCUT2D eigenvalue weighted by Gasteiger charge is -2.09. The van der Waals surface area contributed by atoms with Gasteiger partial charge in [0.15, 0.2) is 5.76 Å². The maximum Gasteiger partial charge on any atom is 0.287 e. The third kappa shape index (κ3) is 6.64. The largest absolute Gasteiger partial charge is 0.492 e. The Bertz CT molecular complexity index is 1580. The van der Waals surface area contributed by atoms with Gasteiger partial charge in [-0.05, 0) is 72.5 Å². The highest BCUT2D eigenvalue weighted by Crippen LogP contribution is 2.22. The van der Waals surface area contributed by atoms with E-state index in [9.17, 15) is 9.59 Å². The molecule has 5 aromatic rings. The van der Waals surface area contributed by atoms with E-state index in [1.165, 1.54) is 5.56 Å². The summed E-state index contributed by atoms with van der Waals surface area (Å²) in [6, 6.07) is 32.0. The number of rotatable bonds is 10. The highest BCUT2D eigenvalue weighted by atomic mass is 16.5. The minimum Gasteiger partial charge on any atom is -0.492 e. The smallest absolute Gasteiger partial charge is 0.287 e. The maximum atomic E-state index is 12.6. The first-order chi connectivity index (χ1) is 19.0. The quantitative estimate of drug-likeness (QED) is 0.158. The number of hydrogen-bond donors (Lipinski definition) is 3. The van der Waals surface area contributed by atoms with Gasteiger partial charge >= 0.3 is 0 Å². The van der Waals surface area contributed by atoms with Gasteiger partial charge in [-0.25, -0.2) is 0 Å². The van der Waals surface area contributed by atoms with Gasteiger partial charge in [-0.1, -0.05) is 54.6 Å². The summed E-state index contributed by atoms with van der Waals surface area (Å²) in [7, 11) is 0. The van der Waals surface area contributed by atoms with E-state index in [4.69, 9.17) is 14.9 Å². The average Bonchev–Trinajstić information content (AvgIpc) is 3.40. The second-order valence-corrected chi connectivity index (χ2v) is 9.14. The zero-order valence-electron chi connectivity index (χ0n) is 21.4. The van der Waals surface area contributed by atoms with Crippen LogP contribution in [0.25, 0.3) is 11.0 Å². The number of aryl methyl sites for hydroxylation is 2. The fourth-order valence-corrected chi connectivity index (χ4v) is 4.20. The summed E-state index contributed by atoms with van der Waals surface area (Å²) < 4.78 is 11.5. The van der Waals surface area contributed by atoms with Crippen molar-refractivity contribution in [3.63, 3.8) is 0 Å². The molecule has 1 heterocycles. The van der Waals surface area contributed by atoms with Gasteiger partial charge in [0, 0.05) is 10.9 Å². The van der Waals surface area contributed by atoms with E-state index in [0.29, 0.717) is 34.8 Å². The van der Waals surface area contributed by atoms with E-state index in [1.54, 1.807) is 54.6 Å². The maximum absolute atomic E-state index is 12.6. The van der Waals surface area contributed by atoms with Gasteiger partial charge in [-0.2, -0.15) is 0 Å². The van der Waals surface area contributed by atoms with E-state index in [-0.39, 0.29) is 24.2 Å². The van der Waals surface area contributed by atoms with Gasteiger partial charge < -0.3 is 25.5 Å². The standard InChI is InChI=1S/C32H29N3O4/c33-27-8-4-5-9-28(27)35-31(36)24-14-16-26(17-15-24)38-19-18-34-32(37)30-21-25-13-12-23(20-29(25)39-30)11-10-22-6-2-1-3-7-22/h1-9,12-17,20-21H,10-11,18-19,33H2,(H,34,37)(H,35,36). The molecule has 2 amide bonds. The van der Waals surface area contributed by atoms with Crippen molar-refractivity contribution in [1.82, 2.24) is 5.32 Å². The Kier molecular flexibility index (Phi) is 7.88. The van der Waals surface area contributed by atoms with Crippen molar-refractivity contribution >= 4 is 34.2 Å². The molecule has 0 aliphatic rings. The Labute approximate surface area is 226 Å². The van der Waals surface area contributed by atoms with Crippen molar-refractivity contribution in [1.29, 1.82) is 0 Å². The molecule has 196 valence electrons. The molecule has 4 N–H and O–H groups in total. The van der Waals surface area contributed by atoms with E-state index in [2.05, 4.69) is 28.8 Å². The Balaban J connectivity index is 1.08. The van der Waals surface area contributed by atoms with Crippen LogP contribution in [0, 0.1) is 0 Å². The fraction of sp³-hybridized carbons (Fsp3) is 0.125. The number of anilines is 2. The van der Waals surface area contributed by atoms with Crippen LogP contribution in [0.1, 0.15) is 32.0 Å². The number of benzene rings is 4. The summed E-state index contributed by atoms with van der Waals surface area (Å²) in [6.45, 7) is 0.565. The van der Waals surface area contributed by atoms with Crippen molar-refractivity contribution in [3.05, 3.63) is 126 Å². The molecule has 0 bridgehead atoms. The molecule has 1 aromatic heterocycles. The predicted molar refractivity (Wildman–Crippen MR) is 153 cm³/mol. The molecule has 0 aliphatic heterocycles. The van der Waals surface area contributed by atoms with Crippen molar-refractivity contribution < 1.29 is 18.7 Å². The Morgan fingerprint density at radius 3 is 2.31 bits per heavy atom. The number of amides is 2. The lowest BCUT2D eigenvalue weighted by molar-refractivity contribution is 0.0920. The third-order valence-electron chi connectivity index (χ3n) is 6.34. The van der Waals surface area contributed by atoms with Crippen molar-refractivity contribution in [2.45, 2.75) is 12.8 Å². The molecule has 0 fully saturated rings. The minimum atomic E-state index is -0.298. The Hall–Kier alpha value is -5.04. The number of fused-ring (bicyclic) bond motifs is 1. The molecular formula is C32H29N3O4. The van der Waals surface area contributed by atoms with Crippen LogP contribution >= 0.6 is 0 Å². The number of carbonyl (C=O) groups is 2. The normalized spacial score (nSPS) is 10.8. The summed E-state index contributed by atoms with van der Waals surface area (Å²) in [4.78, 5) is 25.1. The molecule has 0 saturated carbocycles. The van der Waals surface area contributed by atoms with E-state index in [1.807, 2.05) is 30.3 Å². The third-order valence-corrected chi connectivity index (χ3v) is 6.34. The average molecular weight is 520 g/mol. The lowest BCUT2D eigenvalue weighted by atomic mass is 10.0. The van der Waals surface area contributed by atoms with Crippen molar-refractivity contribution in [2.24, 2.45) is 0 Å². The molecule has 0 aliphatic carbocycles. The molecule has 0 spiro atoms. The van der Waals surface area contributed by atoms with Gasteiger partial charge in [0.05, 0.1) is 17.9 Å². The zero-order chi connectivity index (χ0) is 27.0. The van der Waals surface area contributed by atoms with Gasteiger partial charge in [-0.3, -0.25) is 9.59 Å². The summed E-state index contributed by atoms with van der Waals surface area (Å²) in [5, 5.41) is 6.50. The number of para-hydroxylation sites is 2. The number of nitrogens with two attached hydrogens (primary N) is 1. The van der Waals surface area contributed by atoms with Crippen LogP contribution in [-0.2, 0) is 12.8 Å². The molecule has 7 nitrogen and oxygen atoms in total. The van der Waals surface area contributed by atoms with E-state index < -0.39 is 0 Å². The highest BCUT2D eigenvalue weighted by molar-refractivity contribution is 6.05. The van der Waals surface area contributed by atoms with Crippen LogP contribution in [0.2, 0.25) is 0 Å². The van der Waals surface area contributed by atoms with Crippen molar-refractivity contribution in [3.8, 4) is 5.75 Å². The number of nitrogens with one attached hydrogen (secondary N) is 2. The van der Waals surface area contributed by atoms with Gasteiger partial charge in [0.25, 0.3) is 11.8 Å². The molecule has 0 unspecified atom stereocenters. The second kappa shape index (κ2) is 12.0. The molecule has 7 heteroatoms. The molecule has 0 radical (unpaired) electrons. The molecular weight excluding hydrogens is 490 g/mol. The van der Waals surface area contributed by atoms with Crippen LogP contribution in [0.5, 0.6) is 5.75 Å². The van der Waals surface area contributed by atoms with Crippen LogP contribution < -0.4 is 21.1 Å². The van der Waals surface area contributed by atoms with E-state index >= 15 is 0 Å². The predicted octanol–water partition coefficient (Wildman–Crippen LogP) is 5.86. The summed E-state index contributed by atoms with van der Waals surface area (Å²) in [5.74, 6) is 0.292. The van der Waals surface area contributed by atoms with Crippen LogP contribution in [-0.4, -0.2) is 25.0 Å². The summed E-state index contributed by atoms with van der Waals surface area (Å²) in [5.41, 5.74) is 10.6. The monoisotopic (exact) mass is 519 g/mol. The zero-order valence-corrected chi connectivity index (χ0v) is 21.4. The number of ether oxygens (including phenoxy) is 1. The highest BCUT2D eigenvalue weighted by Gasteiger charge is 2.13. The Morgan fingerprint density at radius 1 is 0.769 bits per heavy atom. The summed E-state index contributed by atoms with van der Waals surface area (Å²) in [6.07, 6.45) is 1.84. The minimum absolute atomic E-state index is 0.263. The van der Waals surface area contributed by atoms with Crippen molar-refractivity contribution in [2.75, 3.05) is 24.2 Å². The molecule has 39 heavy (non-hydrogen) atoms.